The SMILES string of the molecule is C(=Cc1cnc(/C=C\c2ccc(-c3ccccc3)cc2)cn1)c1ccc(-c2ccccc2)cc1. The second-order valence-electron chi connectivity index (χ2n) is 8.01. The Hall–Kier alpha value is -4.56. The van der Waals surface area contributed by atoms with Crippen LogP contribution in [-0.4, -0.2) is 9.97 Å². The molecule has 5 aromatic rings. The summed E-state index contributed by atoms with van der Waals surface area (Å²) in [4.78, 5) is 9.05. The Bertz CT molecular complexity index is 1270. The van der Waals surface area contributed by atoms with E-state index in [1.807, 2.05) is 24.3 Å². The summed E-state index contributed by atoms with van der Waals surface area (Å²) in [6.45, 7) is 0. The van der Waals surface area contributed by atoms with Crippen LogP contribution in [0.15, 0.2) is 122 Å². The van der Waals surface area contributed by atoms with Crippen molar-refractivity contribution >= 4 is 24.3 Å². The second-order valence-corrected chi connectivity index (χ2v) is 8.01. The van der Waals surface area contributed by atoms with Gasteiger partial charge in [-0.2, -0.15) is 0 Å². The Kier molecular flexibility index (Phi) is 6.50. The summed E-state index contributed by atoms with van der Waals surface area (Å²) >= 11 is 0. The first kappa shape index (κ1) is 21.3. The van der Waals surface area contributed by atoms with Crippen molar-refractivity contribution in [2.24, 2.45) is 0 Å². The molecular weight excluding hydrogens is 412 g/mol. The first-order valence-corrected chi connectivity index (χ1v) is 11.3. The Labute approximate surface area is 200 Å². The first-order chi connectivity index (χ1) is 16.8. The average molecular weight is 437 g/mol. The van der Waals surface area contributed by atoms with E-state index in [0.717, 1.165) is 22.5 Å². The van der Waals surface area contributed by atoms with Gasteiger partial charge in [0.15, 0.2) is 0 Å². The van der Waals surface area contributed by atoms with Gasteiger partial charge in [0.2, 0.25) is 0 Å². The van der Waals surface area contributed by atoms with Crippen molar-refractivity contribution < 1.29 is 0 Å². The minimum Gasteiger partial charge on any atom is -0.253 e. The highest BCUT2D eigenvalue weighted by Crippen LogP contribution is 2.21. The highest BCUT2D eigenvalue weighted by molar-refractivity contribution is 5.73. The van der Waals surface area contributed by atoms with E-state index in [0.29, 0.717) is 0 Å². The van der Waals surface area contributed by atoms with Crippen LogP contribution in [0.3, 0.4) is 0 Å². The van der Waals surface area contributed by atoms with Crippen molar-refractivity contribution in [3.05, 3.63) is 144 Å². The van der Waals surface area contributed by atoms with Crippen molar-refractivity contribution in [2.75, 3.05) is 0 Å². The van der Waals surface area contributed by atoms with E-state index < -0.39 is 0 Å². The Morgan fingerprint density at radius 2 is 0.706 bits per heavy atom. The van der Waals surface area contributed by atoms with Gasteiger partial charge in [-0.3, -0.25) is 9.97 Å². The van der Waals surface area contributed by atoms with E-state index >= 15 is 0 Å². The van der Waals surface area contributed by atoms with Gasteiger partial charge in [-0.25, -0.2) is 0 Å². The topological polar surface area (TPSA) is 25.8 Å². The molecule has 5 rings (SSSR count). The molecule has 1 aromatic heterocycles. The van der Waals surface area contributed by atoms with E-state index in [2.05, 4.69) is 119 Å². The Morgan fingerprint density at radius 1 is 0.353 bits per heavy atom. The highest BCUT2D eigenvalue weighted by atomic mass is 14.8. The fourth-order valence-corrected chi connectivity index (χ4v) is 3.72. The molecule has 4 aromatic carbocycles. The molecule has 0 N–H and O–H groups in total. The molecule has 1 heterocycles. The normalized spacial score (nSPS) is 11.3. The first-order valence-electron chi connectivity index (χ1n) is 11.3. The van der Waals surface area contributed by atoms with Gasteiger partial charge in [-0.05, 0) is 45.5 Å². The minimum absolute atomic E-state index is 0.830. The van der Waals surface area contributed by atoms with Crippen molar-refractivity contribution in [1.29, 1.82) is 0 Å². The molecule has 0 aliphatic heterocycles. The number of rotatable bonds is 6. The van der Waals surface area contributed by atoms with Gasteiger partial charge in [0.05, 0.1) is 23.8 Å². The van der Waals surface area contributed by atoms with E-state index in [9.17, 15) is 0 Å². The van der Waals surface area contributed by atoms with Gasteiger partial charge >= 0.3 is 0 Å². The molecule has 162 valence electrons. The molecule has 0 atom stereocenters. The molecule has 0 saturated heterocycles. The predicted octanol–water partition coefficient (Wildman–Crippen LogP) is 8.15. The number of nitrogens with zero attached hydrogens (tertiary/aromatic N) is 2. The monoisotopic (exact) mass is 436 g/mol. The van der Waals surface area contributed by atoms with E-state index in [1.54, 1.807) is 12.4 Å². The van der Waals surface area contributed by atoms with E-state index in [1.165, 1.54) is 22.3 Å². The van der Waals surface area contributed by atoms with Gasteiger partial charge in [-0.1, -0.05) is 121 Å². The molecule has 0 fully saturated rings. The van der Waals surface area contributed by atoms with Crippen molar-refractivity contribution in [3.63, 3.8) is 0 Å². The molecule has 0 unspecified atom stereocenters. The lowest BCUT2D eigenvalue weighted by atomic mass is 10.0. The van der Waals surface area contributed by atoms with Crippen LogP contribution in [0.1, 0.15) is 22.5 Å². The van der Waals surface area contributed by atoms with Crippen LogP contribution >= 0.6 is 0 Å². The molecule has 0 bridgehead atoms. The molecule has 2 heteroatoms. The smallest absolute Gasteiger partial charge is 0.0813 e. The third kappa shape index (κ3) is 5.43. The maximum absolute atomic E-state index is 4.52. The van der Waals surface area contributed by atoms with Crippen molar-refractivity contribution in [1.82, 2.24) is 9.97 Å². The predicted molar refractivity (Wildman–Crippen MR) is 144 cm³/mol. The lowest BCUT2D eigenvalue weighted by Gasteiger charge is -2.02. The maximum Gasteiger partial charge on any atom is 0.0813 e. The molecule has 0 aliphatic rings. The van der Waals surface area contributed by atoms with Crippen molar-refractivity contribution in [3.8, 4) is 22.3 Å². The number of hydrogen-bond donors (Lipinski definition) is 0. The van der Waals surface area contributed by atoms with Gasteiger partial charge < -0.3 is 0 Å². The maximum atomic E-state index is 4.52. The third-order valence-electron chi connectivity index (χ3n) is 5.62. The average Bonchev–Trinajstić information content (AvgIpc) is 2.93. The molecule has 2 nitrogen and oxygen atoms in total. The second kappa shape index (κ2) is 10.4. The van der Waals surface area contributed by atoms with Crippen LogP contribution in [0.2, 0.25) is 0 Å². The molecule has 0 saturated carbocycles. The van der Waals surface area contributed by atoms with Gasteiger partial charge in [-0.15, -0.1) is 0 Å². The van der Waals surface area contributed by atoms with Crippen LogP contribution in [0.4, 0.5) is 0 Å². The largest absolute Gasteiger partial charge is 0.253 e. The van der Waals surface area contributed by atoms with Crippen LogP contribution in [0, 0.1) is 0 Å². The zero-order valence-electron chi connectivity index (χ0n) is 18.8. The summed E-state index contributed by atoms with van der Waals surface area (Å²) in [5.74, 6) is 0. The van der Waals surface area contributed by atoms with Gasteiger partial charge in [0, 0.05) is 0 Å². The van der Waals surface area contributed by atoms with E-state index in [4.69, 9.17) is 0 Å². The summed E-state index contributed by atoms with van der Waals surface area (Å²) in [5.41, 5.74) is 8.79. The Balaban J connectivity index is 1.21. The van der Waals surface area contributed by atoms with Crippen molar-refractivity contribution in [2.45, 2.75) is 0 Å². The molecule has 0 amide bonds. The zero-order chi connectivity index (χ0) is 23.0. The highest BCUT2D eigenvalue weighted by Gasteiger charge is 1.98. The van der Waals surface area contributed by atoms with E-state index in [-0.39, 0.29) is 0 Å². The molecule has 0 aliphatic carbocycles. The summed E-state index contributed by atoms with van der Waals surface area (Å²) in [6.07, 6.45) is 11.7. The number of aromatic nitrogens is 2. The quantitative estimate of drug-likeness (QED) is 0.268. The molecule has 0 radical (unpaired) electrons. The van der Waals surface area contributed by atoms with Gasteiger partial charge in [0.25, 0.3) is 0 Å². The molecule has 0 spiro atoms. The summed E-state index contributed by atoms with van der Waals surface area (Å²) < 4.78 is 0. The zero-order valence-corrected chi connectivity index (χ0v) is 18.8. The van der Waals surface area contributed by atoms with Crippen LogP contribution in [0.5, 0.6) is 0 Å². The lowest BCUT2D eigenvalue weighted by molar-refractivity contribution is 1.16. The van der Waals surface area contributed by atoms with Crippen LogP contribution in [0.25, 0.3) is 46.6 Å². The molecular formula is C32H24N2. The minimum atomic E-state index is 0.830. The van der Waals surface area contributed by atoms with Gasteiger partial charge in [0.1, 0.15) is 0 Å². The fourth-order valence-electron chi connectivity index (χ4n) is 3.72. The van der Waals surface area contributed by atoms with Crippen LogP contribution in [-0.2, 0) is 0 Å². The summed E-state index contributed by atoms with van der Waals surface area (Å²) in [7, 11) is 0. The third-order valence-corrected chi connectivity index (χ3v) is 5.62. The fraction of sp³-hybridized carbons (Fsp3) is 0. The number of benzene rings is 4. The summed E-state index contributed by atoms with van der Waals surface area (Å²) in [6, 6.07) is 37.8. The number of hydrogen-bond acceptors (Lipinski definition) is 2. The van der Waals surface area contributed by atoms with Crippen LogP contribution < -0.4 is 0 Å². The Morgan fingerprint density at radius 3 is 1.06 bits per heavy atom. The lowest BCUT2D eigenvalue weighted by Crippen LogP contribution is -1.86. The summed E-state index contributed by atoms with van der Waals surface area (Å²) in [5, 5.41) is 0. The standard InChI is InChI=1S/C32H24N2/c1-3-7-27(8-4-1)29-17-11-25(12-18-29)15-21-31-23-34-32(24-33-31)22-16-26-13-19-30(20-14-26)28-9-5-2-6-10-28/h1-24H/b21-15-,22-16?. The molecule has 34 heavy (non-hydrogen) atoms.